The third-order valence-corrected chi connectivity index (χ3v) is 5.36. The summed E-state index contributed by atoms with van der Waals surface area (Å²) >= 11 is 0. The number of carbonyl (C=O) groups excluding carboxylic acids is 1. The molecule has 7 heteroatoms. The van der Waals surface area contributed by atoms with Gasteiger partial charge in [-0.25, -0.2) is 9.07 Å². The Morgan fingerprint density at radius 1 is 1.23 bits per heavy atom. The van der Waals surface area contributed by atoms with Crippen LogP contribution in [0.3, 0.4) is 0 Å². The fourth-order valence-electron chi connectivity index (χ4n) is 3.98. The predicted octanol–water partition coefficient (Wildman–Crippen LogP) is 4.10. The minimum atomic E-state index is -0.314. The normalized spacial score (nSPS) is 16.6. The molecule has 0 spiro atoms. The number of nitrogens with zero attached hydrogens (tertiary/aromatic N) is 3. The lowest BCUT2D eigenvalue weighted by molar-refractivity contribution is -0.117. The highest BCUT2D eigenvalue weighted by atomic mass is 19.1. The van der Waals surface area contributed by atoms with Crippen LogP contribution < -0.4 is 10.1 Å². The quantitative estimate of drug-likeness (QED) is 0.667. The largest absolute Gasteiger partial charge is 0.497 e. The van der Waals surface area contributed by atoms with Crippen molar-refractivity contribution in [3.63, 3.8) is 0 Å². The lowest BCUT2D eigenvalue weighted by Gasteiger charge is -2.24. The van der Waals surface area contributed by atoms with E-state index in [0.29, 0.717) is 11.5 Å². The third kappa shape index (κ3) is 4.36. The molecular weight excluding hydrogens is 383 g/mol. The Morgan fingerprint density at radius 2 is 2.03 bits per heavy atom. The molecule has 30 heavy (non-hydrogen) atoms. The first-order chi connectivity index (χ1) is 14.5. The van der Waals surface area contributed by atoms with E-state index in [2.05, 4.69) is 21.4 Å². The molecule has 1 aromatic heterocycles. The highest BCUT2D eigenvalue weighted by Crippen LogP contribution is 2.33. The van der Waals surface area contributed by atoms with Gasteiger partial charge >= 0.3 is 0 Å². The first kappa shape index (κ1) is 20.1. The number of benzene rings is 2. The third-order valence-electron chi connectivity index (χ3n) is 5.36. The minimum absolute atomic E-state index is 0.104. The van der Waals surface area contributed by atoms with Crippen molar-refractivity contribution < 1.29 is 13.9 Å². The van der Waals surface area contributed by atoms with Gasteiger partial charge in [0.05, 0.1) is 25.0 Å². The maximum atomic E-state index is 13.3. The Bertz CT molecular complexity index is 1030. The van der Waals surface area contributed by atoms with E-state index in [9.17, 15) is 9.18 Å². The summed E-state index contributed by atoms with van der Waals surface area (Å²) < 4.78 is 20.2. The van der Waals surface area contributed by atoms with Gasteiger partial charge in [-0.15, -0.1) is 0 Å². The SMILES string of the molecule is COc1cccc(C2CCCN2CC(=O)Nc2cc(C)nn2-c2ccc(F)cc2)c1. The van der Waals surface area contributed by atoms with Gasteiger partial charge in [0.1, 0.15) is 17.4 Å². The molecule has 1 fully saturated rings. The number of amides is 1. The fourth-order valence-corrected chi connectivity index (χ4v) is 3.98. The minimum Gasteiger partial charge on any atom is -0.497 e. The maximum absolute atomic E-state index is 13.3. The van der Waals surface area contributed by atoms with Crippen molar-refractivity contribution in [1.29, 1.82) is 0 Å². The summed E-state index contributed by atoms with van der Waals surface area (Å²) in [6, 6.07) is 16.0. The van der Waals surface area contributed by atoms with Crippen LogP contribution >= 0.6 is 0 Å². The average molecular weight is 408 g/mol. The van der Waals surface area contributed by atoms with E-state index >= 15 is 0 Å². The zero-order chi connectivity index (χ0) is 21.1. The zero-order valence-electron chi connectivity index (χ0n) is 17.1. The van der Waals surface area contributed by atoms with Crippen molar-refractivity contribution in [1.82, 2.24) is 14.7 Å². The fraction of sp³-hybridized carbons (Fsp3) is 0.304. The van der Waals surface area contributed by atoms with E-state index in [0.717, 1.165) is 36.4 Å². The molecule has 1 saturated heterocycles. The Labute approximate surface area is 175 Å². The van der Waals surface area contributed by atoms with Gasteiger partial charge in [0.25, 0.3) is 0 Å². The molecule has 4 rings (SSSR count). The molecule has 156 valence electrons. The van der Waals surface area contributed by atoms with E-state index in [1.165, 1.54) is 12.1 Å². The highest BCUT2D eigenvalue weighted by molar-refractivity contribution is 5.91. The number of anilines is 1. The number of carbonyl (C=O) groups is 1. The van der Waals surface area contributed by atoms with Gasteiger partial charge in [0, 0.05) is 12.1 Å². The Morgan fingerprint density at radius 3 is 2.80 bits per heavy atom. The molecule has 1 N–H and O–H groups in total. The number of ether oxygens (including phenoxy) is 1. The summed E-state index contributed by atoms with van der Waals surface area (Å²) in [5, 5.41) is 7.40. The van der Waals surface area contributed by atoms with Crippen LogP contribution in [0.1, 0.15) is 30.1 Å². The number of hydrogen-bond donors (Lipinski definition) is 1. The number of methoxy groups -OCH3 is 1. The van der Waals surface area contributed by atoms with E-state index in [1.807, 2.05) is 31.2 Å². The van der Waals surface area contributed by atoms with Crippen molar-refractivity contribution in [2.45, 2.75) is 25.8 Å². The van der Waals surface area contributed by atoms with E-state index in [4.69, 9.17) is 4.74 Å². The lowest BCUT2D eigenvalue weighted by Crippen LogP contribution is -2.33. The average Bonchev–Trinajstić information content (AvgIpc) is 3.35. The topological polar surface area (TPSA) is 59.4 Å². The van der Waals surface area contributed by atoms with Crippen LogP contribution in [0.15, 0.2) is 54.6 Å². The van der Waals surface area contributed by atoms with Crippen LogP contribution in [0.5, 0.6) is 5.75 Å². The van der Waals surface area contributed by atoms with Crippen LogP contribution in [0.25, 0.3) is 5.69 Å². The molecular formula is C23H25FN4O2. The van der Waals surface area contributed by atoms with Gasteiger partial charge in [-0.3, -0.25) is 9.69 Å². The number of aromatic nitrogens is 2. The van der Waals surface area contributed by atoms with Crippen molar-refractivity contribution >= 4 is 11.7 Å². The van der Waals surface area contributed by atoms with Gasteiger partial charge in [0.2, 0.25) is 5.91 Å². The zero-order valence-corrected chi connectivity index (χ0v) is 17.1. The number of aryl methyl sites for hydroxylation is 1. The maximum Gasteiger partial charge on any atom is 0.239 e. The van der Waals surface area contributed by atoms with Gasteiger partial charge in [-0.1, -0.05) is 12.1 Å². The van der Waals surface area contributed by atoms with Crippen LogP contribution in [0.4, 0.5) is 10.2 Å². The second-order valence-electron chi connectivity index (χ2n) is 7.51. The van der Waals surface area contributed by atoms with Crippen molar-refractivity contribution in [2.24, 2.45) is 0 Å². The van der Waals surface area contributed by atoms with Crippen molar-refractivity contribution in [3.05, 3.63) is 71.7 Å². The molecule has 0 bridgehead atoms. The molecule has 0 radical (unpaired) electrons. The van der Waals surface area contributed by atoms with Crippen LogP contribution in [0.2, 0.25) is 0 Å². The standard InChI is InChI=1S/C23H25FN4O2/c1-16-13-22(28(26-16)19-10-8-18(24)9-11-19)25-23(29)15-27-12-4-7-21(27)17-5-3-6-20(14-17)30-2/h3,5-6,8-11,13-14,21H,4,7,12,15H2,1-2H3,(H,25,29). The van der Waals surface area contributed by atoms with Crippen molar-refractivity contribution in [2.75, 3.05) is 25.5 Å². The van der Waals surface area contributed by atoms with Crippen LogP contribution in [-0.4, -0.2) is 40.8 Å². The Kier molecular flexibility index (Phi) is 5.81. The number of halogens is 1. The Balaban J connectivity index is 1.48. The molecule has 1 unspecified atom stereocenters. The van der Waals surface area contributed by atoms with Gasteiger partial charge in [-0.2, -0.15) is 5.10 Å². The molecule has 1 atom stereocenters. The highest BCUT2D eigenvalue weighted by Gasteiger charge is 2.28. The second kappa shape index (κ2) is 8.67. The molecule has 1 amide bonds. The predicted molar refractivity (Wildman–Crippen MR) is 113 cm³/mol. The monoisotopic (exact) mass is 408 g/mol. The molecule has 3 aromatic rings. The first-order valence-corrected chi connectivity index (χ1v) is 10.0. The summed E-state index contributed by atoms with van der Waals surface area (Å²) in [4.78, 5) is 15.0. The van der Waals surface area contributed by atoms with Gasteiger partial charge < -0.3 is 10.1 Å². The first-order valence-electron chi connectivity index (χ1n) is 10.0. The molecule has 1 aliphatic rings. The summed E-state index contributed by atoms with van der Waals surface area (Å²) in [6.45, 7) is 3.01. The van der Waals surface area contributed by atoms with E-state index in [-0.39, 0.29) is 24.3 Å². The number of hydrogen-bond acceptors (Lipinski definition) is 4. The molecule has 2 heterocycles. The van der Waals surface area contributed by atoms with E-state index < -0.39 is 0 Å². The van der Waals surface area contributed by atoms with E-state index in [1.54, 1.807) is 23.9 Å². The summed E-state index contributed by atoms with van der Waals surface area (Å²) in [5.41, 5.74) is 2.62. The smallest absolute Gasteiger partial charge is 0.239 e. The van der Waals surface area contributed by atoms with Crippen LogP contribution in [0, 0.1) is 12.7 Å². The number of likely N-dealkylation sites (tertiary alicyclic amines) is 1. The number of nitrogens with one attached hydrogen (secondary N) is 1. The summed E-state index contributed by atoms with van der Waals surface area (Å²) in [6.07, 6.45) is 2.05. The van der Waals surface area contributed by atoms with Gasteiger partial charge in [0.15, 0.2) is 0 Å². The summed E-state index contributed by atoms with van der Waals surface area (Å²) in [5.74, 6) is 0.975. The molecule has 1 aliphatic heterocycles. The molecule has 2 aromatic carbocycles. The molecule has 0 aliphatic carbocycles. The number of rotatable bonds is 6. The second-order valence-corrected chi connectivity index (χ2v) is 7.51. The van der Waals surface area contributed by atoms with Crippen LogP contribution in [-0.2, 0) is 4.79 Å². The summed E-state index contributed by atoms with van der Waals surface area (Å²) in [7, 11) is 1.66. The Hall–Kier alpha value is -3.19. The molecule has 0 saturated carbocycles. The lowest BCUT2D eigenvalue weighted by atomic mass is 10.0. The molecule has 6 nitrogen and oxygen atoms in total. The van der Waals surface area contributed by atoms with Crippen molar-refractivity contribution in [3.8, 4) is 11.4 Å². The van der Waals surface area contributed by atoms with Gasteiger partial charge in [-0.05, 0) is 68.3 Å².